The summed E-state index contributed by atoms with van der Waals surface area (Å²) >= 11 is 0. The van der Waals surface area contributed by atoms with E-state index in [4.69, 9.17) is 9.84 Å². The number of nitrogens with one attached hydrogen (secondary N) is 1. The van der Waals surface area contributed by atoms with E-state index in [1.807, 2.05) is 30.3 Å². The van der Waals surface area contributed by atoms with Crippen molar-refractivity contribution < 1.29 is 14.6 Å². The van der Waals surface area contributed by atoms with Crippen molar-refractivity contribution in [1.82, 2.24) is 5.32 Å². The number of carbonyl (C=O) groups excluding carboxylic acids is 1. The van der Waals surface area contributed by atoms with Gasteiger partial charge in [-0.2, -0.15) is 0 Å². The lowest BCUT2D eigenvalue weighted by molar-refractivity contribution is 0.128. The van der Waals surface area contributed by atoms with Crippen molar-refractivity contribution >= 4 is 6.09 Å². The number of benzene rings is 1. The summed E-state index contributed by atoms with van der Waals surface area (Å²) in [4.78, 5) is 11.6. The number of hydrogen-bond acceptors (Lipinski definition) is 3. The summed E-state index contributed by atoms with van der Waals surface area (Å²) < 4.78 is 5.15. The van der Waals surface area contributed by atoms with Crippen LogP contribution in [0.25, 0.3) is 0 Å². The summed E-state index contributed by atoms with van der Waals surface area (Å²) in [5.74, 6) is 0.175. The van der Waals surface area contributed by atoms with Crippen LogP contribution < -0.4 is 5.32 Å². The van der Waals surface area contributed by atoms with Gasteiger partial charge in [-0.25, -0.2) is 4.79 Å². The monoisotopic (exact) mass is 249 g/mol. The van der Waals surface area contributed by atoms with Crippen LogP contribution in [0.3, 0.4) is 0 Å². The minimum Gasteiger partial charge on any atom is -0.445 e. The van der Waals surface area contributed by atoms with E-state index in [9.17, 15) is 4.79 Å². The Morgan fingerprint density at radius 2 is 2.11 bits per heavy atom. The van der Waals surface area contributed by atoms with Crippen molar-refractivity contribution in [3.63, 3.8) is 0 Å². The zero-order valence-corrected chi connectivity index (χ0v) is 10.3. The summed E-state index contributed by atoms with van der Waals surface area (Å²) in [5.41, 5.74) is 0.970. The molecule has 4 heteroatoms. The summed E-state index contributed by atoms with van der Waals surface area (Å²) in [6.07, 6.45) is 2.55. The van der Waals surface area contributed by atoms with Crippen LogP contribution in [0.1, 0.15) is 24.8 Å². The van der Waals surface area contributed by atoms with Crippen molar-refractivity contribution in [2.24, 2.45) is 5.92 Å². The largest absolute Gasteiger partial charge is 0.445 e. The first-order chi connectivity index (χ1) is 8.79. The molecule has 1 fully saturated rings. The Morgan fingerprint density at radius 1 is 1.33 bits per heavy atom. The van der Waals surface area contributed by atoms with Gasteiger partial charge in [0.05, 0.1) is 0 Å². The average Bonchev–Trinajstić information content (AvgIpc) is 2.85. The molecule has 1 aliphatic carbocycles. The molecule has 0 spiro atoms. The van der Waals surface area contributed by atoms with Gasteiger partial charge >= 0.3 is 6.09 Å². The Bertz CT molecular complexity index is 380. The maximum absolute atomic E-state index is 11.6. The Hall–Kier alpha value is -1.55. The standard InChI is InChI=1S/C14H19NO3/c16-9-12-7-4-8-13(12)15-14(17)18-10-11-5-2-1-3-6-11/h1-3,5-6,12-13,16H,4,7-10H2,(H,15,17)/t12-,13+/m0/s1. The van der Waals surface area contributed by atoms with Crippen molar-refractivity contribution in [1.29, 1.82) is 0 Å². The second kappa shape index (κ2) is 6.40. The maximum Gasteiger partial charge on any atom is 0.407 e. The Morgan fingerprint density at radius 3 is 2.83 bits per heavy atom. The molecule has 1 amide bonds. The van der Waals surface area contributed by atoms with E-state index in [0.717, 1.165) is 24.8 Å². The van der Waals surface area contributed by atoms with Gasteiger partial charge in [0.2, 0.25) is 0 Å². The van der Waals surface area contributed by atoms with Crippen LogP contribution in [-0.2, 0) is 11.3 Å². The number of aliphatic hydroxyl groups excluding tert-OH is 1. The summed E-state index contributed by atoms with van der Waals surface area (Å²) in [5, 5.41) is 12.0. The average molecular weight is 249 g/mol. The quantitative estimate of drug-likeness (QED) is 0.859. The number of alkyl carbamates (subject to hydrolysis) is 1. The first kappa shape index (κ1) is 12.9. The Kier molecular flexibility index (Phi) is 4.59. The summed E-state index contributed by atoms with van der Waals surface area (Å²) in [6, 6.07) is 9.63. The lowest BCUT2D eigenvalue weighted by Gasteiger charge is -2.18. The predicted octanol–water partition coefficient (Wildman–Crippen LogP) is 2.07. The van der Waals surface area contributed by atoms with E-state index >= 15 is 0 Å². The molecule has 0 unspecified atom stereocenters. The third-order valence-electron chi connectivity index (χ3n) is 3.41. The molecule has 0 aromatic heterocycles. The number of carbonyl (C=O) groups is 1. The Balaban J connectivity index is 1.75. The van der Waals surface area contributed by atoms with Gasteiger partial charge in [0.15, 0.2) is 0 Å². The molecule has 0 radical (unpaired) electrons. The topological polar surface area (TPSA) is 58.6 Å². The van der Waals surface area contributed by atoms with E-state index in [1.54, 1.807) is 0 Å². The van der Waals surface area contributed by atoms with Crippen LogP contribution in [-0.4, -0.2) is 23.8 Å². The third kappa shape index (κ3) is 3.47. The molecule has 2 atom stereocenters. The number of hydrogen-bond donors (Lipinski definition) is 2. The van der Waals surface area contributed by atoms with Gasteiger partial charge in [-0.15, -0.1) is 0 Å². The highest BCUT2D eigenvalue weighted by Crippen LogP contribution is 2.25. The lowest BCUT2D eigenvalue weighted by Crippen LogP contribution is -2.38. The highest BCUT2D eigenvalue weighted by molar-refractivity contribution is 5.67. The fraction of sp³-hybridized carbons (Fsp3) is 0.500. The fourth-order valence-corrected chi connectivity index (χ4v) is 2.36. The molecule has 1 aromatic carbocycles. The summed E-state index contributed by atoms with van der Waals surface area (Å²) in [6.45, 7) is 0.410. The fourth-order valence-electron chi connectivity index (χ4n) is 2.36. The lowest BCUT2D eigenvalue weighted by atomic mass is 10.1. The van der Waals surface area contributed by atoms with E-state index in [0.29, 0.717) is 0 Å². The minimum absolute atomic E-state index is 0.0540. The zero-order chi connectivity index (χ0) is 12.8. The zero-order valence-electron chi connectivity index (χ0n) is 10.3. The molecule has 98 valence electrons. The molecule has 1 saturated carbocycles. The number of ether oxygens (including phenoxy) is 1. The van der Waals surface area contributed by atoms with E-state index in [2.05, 4.69) is 5.32 Å². The summed E-state index contributed by atoms with van der Waals surface area (Å²) in [7, 11) is 0. The van der Waals surface area contributed by atoms with Crippen molar-refractivity contribution in [3.05, 3.63) is 35.9 Å². The minimum atomic E-state index is -0.399. The maximum atomic E-state index is 11.6. The van der Waals surface area contributed by atoms with Crippen molar-refractivity contribution in [3.8, 4) is 0 Å². The van der Waals surface area contributed by atoms with E-state index in [1.165, 1.54) is 0 Å². The second-order valence-corrected chi connectivity index (χ2v) is 4.69. The van der Waals surface area contributed by atoms with Crippen LogP contribution >= 0.6 is 0 Å². The molecule has 0 bridgehead atoms. The molecule has 0 heterocycles. The van der Waals surface area contributed by atoms with E-state index < -0.39 is 6.09 Å². The first-order valence-corrected chi connectivity index (χ1v) is 6.37. The van der Waals surface area contributed by atoms with Gasteiger partial charge in [-0.05, 0) is 18.4 Å². The van der Waals surface area contributed by atoms with Crippen LogP contribution in [0.15, 0.2) is 30.3 Å². The molecule has 2 N–H and O–H groups in total. The van der Waals surface area contributed by atoms with Crippen molar-refractivity contribution in [2.75, 3.05) is 6.61 Å². The van der Waals surface area contributed by atoms with E-state index in [-0.39, 0.29) is 25.2 Å². The SMILES string of the molecule is O=C(N[C@@H]1CCC[C@H]1CO)OCc1ccccc1. The van der Waals surface area contributed by atoms with Crippen LogP contribution in [0.2, 0.25) is 0 Å². The number of aliphatic hydroxyl groups is 1. The van der Waals surface area contributed by atoms with Gasteiger partial charge in [-0.1, -0.05) is 36.8 Å². The molecule has 4 nitrogen and oxygen atoms in total. The second-order valence-electron chi connectivity index (χ2n) is 4.69. The van der Waals surface area contributed by atoms with Gasteiger partial charge in [-0.3, -0.25) is 0 Å². The van der Waals surface area contributed by atoms with Gasteiger partial charge < -0.3 is 15.2 Å². The molecule has 1 aliphatic rings. The van der Waals surface area contributed by atoms with Crippen LogP contribution in [0.5, 0.6) is 0 Å². The molecule has 0 saturated heterocycles. The highest BCUT2D eigenvalue weighted by atomic mass is 16.5. The van der Waals surface area contributed by atoms with Gasteiger partial charge in [0.25, 0.3) is 0 Å². The molecule has 2 rings (SSSR count). The van der Waals surface area contributed by atoms with Gasteiger partial charge in [0.1, 0.15) is 6.61 Å². The molecule has 1 aromatic rings. The third-order valence-corrected chi connectivity index (χ3v) is 3.41. The van der Waals surface area contributed by atoms with Crippen molar-refractivity contribution in [2.45, 2.75) is 31.9 Å². The highest BCUT2D eigenvalue weighted by Gasteiger charge is 2.28. The molecular formula is C14H19NO3. The smallest absolute Gasteiger partial charge is 0.407 e. The first-order valence-electron chi connectivity index (χ1n) is 6.37. The molecule has 0 aliphatic heterocycles. The molecule has 18 heavy (non-hydrogen) atoms. The number of amides is 1. The van der Waals surface area contributed by atoms with Gasteiger partial charge in [0, 0.05) is 18.6 Å². The van der Waals surface area contributed by atoms with Crippen LogP contribution in [0.4, 0.5) is 4.79 Å². The van der Waals surface area contributed by atoms with Crippen LogP contribution in [0, 0.1) is 5.92 Å². The predicted molar refractivity (Wildman–Crippen MR) is 68.0 cm³/mol. The molecular weight excluding hydrogens is 230 g/mol. The number of rotatable bonds is 4. The normalized spacial score (nSPS) is 22.7. The Labute approximate surface area is 107 Å².